The lowest BCUT2D eigenvalue weighted by Crippen LogP contribution is -2.35. The molecule has 0 saturated carbocycles. The van der Waals surface area contributed by atoms with E-state index in [0.717, 1.165) is 30.8 Å². The van der Waals surface area contributed by atoms with Gasteiger partial charge in [-0.05, 0) is 37.5 Å². The zero-order chi connectivity index (χ0) is 11.4. The van der Waals surface area contributed by atoms with Gasteiger partial charge in [-0.15, -0.1) is 0 Å². The largest absolute Gasteiger partial charge is 0.415 e. The molecule has 1 saturated heterocycles. The predicted molar refractivity (Wildman–Crippen MR) is 66.3 cm³/mol. The quantitative estimate of drug-likeness (QED) is 0.657. The molecule has 1 amide bonds. The fraction of sp³-hybridized carbons (Fsp3) is 0.500. The zero-order valence-corrected chi connectivity index (χ0v) is 9.96. The Labute approximate surface area is 101 Å². The van der Waals surface area contributed by atoms with Crippen LogP contribution in [0.5, 0.6) is 0 Å². The van der Waals surface area contributed by atoms with Crippen molar-refractivity contribution in [2.24, 2.45) is 0 Å². The Morgan fingerprint density at radius 3 is 2.62 bits per heavy atom. The van der Waals surface area contributed by atoms with Crippen LogP contribution in [0, 0.1) is 0 Å². The van der Waals surface area contributed by atoms with Crippen LogP contribution in [0.1, 0.15) is 25.7 Å². The SMILES string of the molecule is O=C(OC1=CCC(=S)C=C1)N1CCCCC1. The van der Waals surface area contributed by atoms with E-state index in [4.69, 9.17) is 17.0 Å². The smallest absolute Gasteiger partial charge is 0.411 e. The Kier molecular flexibility index (Phi) is 3.72. The first-order valence-electron chi connectivity index (χ1n) is 5.63. The molecule has 0 N–H and O–H groups in total. The van der Waals surface area contributed by atoms with E-state index in [-0.39, 0.29) is 6.09 Å². The Bertz CT molecular complexity index is 354. The molecule has 0 aromatic rings. The molecule has 2 rings (SSSR count). The average Bonchev–Trinajstić information content (AvgIpc) is 2.33. The van der Waals surface area contributed by atoms with Crippen LogP contribution in [0.25, 0.3) is 0 Å². The predicted octanol–water partition coefficient (Wildman–Crippen LogP) is 2.82. The number of piperidine rings is 1. The highest BCUT2D eigenvalue weighted by molar-refractivity contribution is 7.80. The van der Waals surface area contributed by atoms with Crippen LogP contribution in [0.4, 0.5) is 4.79 Å². The minimum absolute atomic E-state index is 0.233. The van der Waals surface area contributed by atoms with Gasteiger partial charge in [0.25, 0.3) is 0 Å². The molecular weight excluding hydrogens is 222 g/mol. The molecule has 0 spiro atoms. The van der Waals surface area contributed by atoms with Crippen molar-refractivity contribution in [3.05, 3.63) is 24.0 Å². The van der Waals surface area contributed by atoms with E-state index in [0.29, 0.717) is 12.2 Å². The number of nitrogens with zero attached hydrogens (tertiary/aromatic N) is 1. The molecule has 3 nitrogen and oxygen atoms in total. The minimum atomic E-state index is -0.233. The van der Waals surface area contributed by atoms with Gasteiger partial charge < -0.3 is 9.64 Å². The van der Waals surface area contributed by atoms with Crippen LogP contribution >= 0.6 is 12.2 Å². The number of carbonyl (C=O) groups is 1. The van der Waals surface area contributed by atoms with E-state index < -0.39 is 0 Å². The highest BCUT2D eigenvalue weighted by Crippen LogP contribution is 2.14. The number of allylic oxidation sites excluding steroid dienone is 3. The van der Waals surface area contributed by atoms with Crippen molar-refractivity contribution < 1.29 is 9.53 Å². The van der Waals surface area contributed by atoms with E-state index in [1.807, 2.05) is 12.2 Å². The molecule has 0 radical (unpaired) electrons. The molecule has 4 heteroatoms. The second-order valence-electron chi connectivity index (χ2n) is 4.03. The second-order valence-corrected chi connectivity index (χ2v) is 4.55. The fourth-order valence-corrected chi connectivity index (χ4v) is 1.98. The first-order valence-corrected chi connectivity index (χ1v) is 6.04. The van der Waals surface area contributed by atoms with Crippen LogP contribution in [0.2, 0.25) is 0 Å². The number of ether oxygens (including phenoxy) is 1. The van der Waals surface area contributed by atoms with Gasteiger partial charge in [0, 0.05) is 24.4 Å². The summed E-state index contributed by atoms with van der Waals surface area (Å²) in [5.74, 6) is 0.615. The van der Waals surface area contributed by atoms with Gasteiger partial charge in [0.05, 0.1) is 0 Å². The van der Waals surface area contributed by atoms with Gasteiger partial charge in [-0.2, -0.15) is 0 Å². The highest BCUT2D eigenvalue weighted by Gasteiger charge is 2.18. The Hall–Kier alpha value is -1.16. The van der Waals surface area contributed by atoms with Crippen molar-refractivity contribution in [3.8, 4) is 0 Å². The summed E-state index contributed by atoms with van der Waals surface area (Å²) in [6, 6.07) is 0. The lowest BCUT2D eigenvalue weighted by molar-refractivity contribution is 0.122. The summed E-state index contributed by atoms with van der Waals surface area (Å²) in [6.07, 6.45) is 9.24. The van der Waals surface area contributed by atoms with Crippen molar-refractivity contribution in [2.45, 2.75) is 25.7 Å². The minimum Gasteiger partial charge on any atom is -0.411 e. The molecule has 0 aromatic heterocycles. The van der Waals surface area contributed by atoms with Gasteiger partial charge in [-0.25, -0.2) is 4.79 Å². The summed E-state index contributed by atoms with van der Waals surface area (Å²) in [5.41, 5.74) is 0. The van der Waals surface area contributed by atoms with E-state index >= 15 is 0 Å². The molecule has 0 unspecified atom stereocenters. The number of thiocarbonyl (C=S) groups is 1. The summed E-state index contributed by atoms with van der Waals surface area (Å²) in [7, 11) is 0. The number of hydrogen-bond acceptors (Lipinski definition) is 3. The third kappa shape index (κ3) is 2.92. The van der Waals surface area contributed by atoms with Gasteiger partial charge in [0.1, 0.15) is 5.76 Å². The fourth-order valence-electron chi connectivity index (χ4n) is 1.83. The van der Waals surface area contributed by atoms with E-state index in [1.165, 1.54) is 6.42 Å². The van der Waals surface area contributed by atoms with Crippen LogP contribution < -0.4 is 0 Å². The van der Waals surface area contributed by atoms with Crippen LogP contribution in [0.3, 0.4) is 0 Å². The van der Waals surface area contributed by atoms with E-state index in [9.17, 15) is 4.79 Å². The summed E-state index contributed by atoms with van der Waals surface area (Å²) in [5, 5.41) is 0. The molecule has 0 aromatic carbocycles. The Morgan fingerprint density at radius 2 is 2.00 bits per heavy atom. The summed E-state index contributed by atoms with van der Waals surface area (Å²) >= 11 is 5.02. The van der Waals surface area contributed by atoms with Gasteiger partial charge in [-0.1, -0.05) is 12.2 Å². The molecule has 2 aliphatic rings. The van der Waals surface area contributed by atoms with Crippen LogP contribution in [-0.2, 0) is 4.74 Å². The van der Waals surface area contributed by atoms with Crippen LogP contribution in [-0.4, -0.2) is 28.9 Å². The van der Waals surface area contributed by atoms with Gasteiger partial charge in [0.15, 0.2) is 0 Å². The molecule has 0 atom stereocenters. The molecular formula is C12H15NO2S. The van der Waals surface area contributed by atoms with E-state index in [2.05, 4.69) is 0 Å². The zero-order valence-electron chi connectivity index (χ0n) is 9.15. The number of rotatable bonds is 1. The van der Waals surface area contributed by atoms with Crippen molar-refractivity contribution in [3.63, 3.8) is 0 Å². The molecule has 1 fully saturated rings. The summed E-state index contributed by atoms with van der Waals surface area (Å²) in [4.78, 5) is 14.4. The maximum atomic E-state index is 11.7. The molecule has 16 heavy (non-hydrogen) atoms. The van der Waals surface area contributed by atoms with Gasteiger partial charge >= 0.3 is 6.09 Å². The van der Waals surface area contributed by atoms with Gasteiger partial charge in [0.2, 0.25) is 0 Å². The molecule has 86 valence electrons. The first kappa shape index (κ1) is 11.3. The summed E-state index contributed by atoms with van der Waals surface area (Å²) in [6.45, 7) is 1.63. The number of amides is 1. The number of carbonyl (C=O) groups excluding carboxylic acids is 1. The third-order valence-corrected chi connectivity index (χ3v) is 3.06. The van der Waals surface area contributed by atoms with E-state index in [1.54, 1.807) is 11.0 Å². The average molecular weight is 237 g/mol. The normalized spacial score (nSPS) is 20.6. The topological polar surface area (TPSA) is 29.5 Å². The maximum Gasteiger partial charge on any atom is 0.415 e. The van der Waals surface area contributed by atoms with Crippen molar-refractivity contribution in [2.75, 3.05) is 13.1 Å². The number of likely N-dealkylation sites (tertiary alicyclic amines) is 1. The van der Waals surface area contributed by atoms with Crippen molar-refractivity contribution in [1.82, 2.24) is 4.90 Å². The number of hydrogen-bond donors (Lipinski definition) is 0. The molecule has 1 aliphatic carbocycles. The standard InChI is InChI=1S/C12H15NO2S/c14-12(13-8-2-1-3-9-13)15-10-4-6-11(16)7-5-10/h4-6H,1-3,7-9H2. The lowest BCUT2D eigenvalue weighted by atomic mass is 10.1. The van der Waals surface area contributed by atoms with Crippen molar-refractivity contribution in [1.29, 1.82) is 0 Å². The van der Waals surface area contributed by atoms with Crippen LogP contribution in [0.15, 0.2) is 24.0 Å². The maximum absolute atomic E-state index is 11.7. The molecule has 1 heterocycles. The second kappa shape index (κ2) is 5.25. The molecule has 0 bridgehead atoms. The Balaban J connectivity index is 1.87. The monoisotopic (exact) mass is 237 g/mol. The summed E-state index contributed by atoms with van der Waals surface area (Å²) < 4.78 is 5.28. The van der Waals surface area contributed by atoms with Crippen molar-refractivity contribution >= 4 is 23.2 Å². The third-order valence-electron chi connectivity index (χ3n) is 2.76. The molecule has 1 aliphatic heterocycles. The van der Waals surface area contributed by atoms with Gasteiger partial charge in [-0.3, -0.25) is 0 Å². The highest BCUT2D eigenvalue weighted by atomic mass is 32.1. The first-order chi connectivity index (χ1) is 7.75. The lowest BCUT2D eigenvalue weighted by Gasteiger charge is -2.26. The Morgan fingerprint density at radius 1 is 1.25 bits per heavy atom.